The SMILES string of the molecule is O=C(c1cc(F)ccc1F)C1CCN(CC(O)COc2ccc(F)cc2)CC1. The number of aliphatic hydroxyl groups excluding tert-OH is 1. The van der Waals surface area contributed by atoms with Crippen LogP contribution >= 0.6 is 0 Å². The van der Waals surface area contributed by atoms with Gasteiger partial charge in [-0.05, 0) is 68.4 Å². The number of piperidine rings is 1. The highest BCUT2D eigenvalue weighted by Crippen LogP contribution is 2.24. The molecule has 2 aromatic rings. The molecule has 0 saturated carbocycles. The predicted octanol–water partition coefficient (Wildman–Crippen LogP) is 3.44. The topological polar surface area (TPSA) is 49.8 Å². The second-order valence-corrected chi connectivity index (χ2v) is 6.98. The Morgan fingerprint density at radius 3 is 2.39 bits per heavy atom. The van der Waals surface area contributed by atoms with Crippen LogP contribution in [0.5, 0.6) is 5.75 Å². The van der Waals surface area contributed by atoms with E-state index in [0.29, 0.717) is 38.2 Å². The summed E-state index contributed by atoms with van der Waals surface area (Å²) in [5.41, 5.74) is -0.203. The zero-order valence-electron chi connectivity index (χ0n) is 15.3. The fourth-order valence-electron chi connectivity index (χ4n) is 3.36. The Balaban J connectivity index is 1.45. The average Bonchev–Trinajstić information content (AvgIpc) is 2.69. The van der Waals surface area contributed by atoms with Crippen LogP contribution < -0.4 is 4.74 Å². The third-order valence-electron chi connectivity index (χ3n) is 4.88. The summed E-state index contributed by atoms with van der Waals surface area (Å²) < 4.78 is 45.4. The Bertz CT molecular complexity index is 805. The molecule has 2 aromatic carbocycles. The molecule has 7 heteroatoms. The fraction of sp³-hybridized carbons (Fsp3) is 0.381. The van der Waals surface area contributed by atoms with Crippen LogP contribution in [0.2, 0.25) is 0 Å². The molecule has 0 bridgehead atoms. The number of likely N-dealkylation sites (tertiary alicyclic amines) is 1. The number of carbonyl (C=O) groups excluding carboxylic acids is 1. The molecule has 1 aliphatic heterocycles. The van der Waals surface area contributed by atoms with Gasteiger partial charge in [0.05, 0.1) is 5.56 Å². The summed E-state index contributed by atoms with van der Waals surface area (Å²) >= 11 is 0. The smallest absolute Gasteiger partial charge is 0.169 e. The standard InChI is InChI=1S/C21H22F3NO3/c22-15-1-4-18(5-2-15)28-13-17(26)12-25-9-7-14(8-10-25)21(27)19-11-16(23)3-6-20(19)24/h1-6,11,14,17,26H,7-10,12-13H2. The van der Waals surface area contributed by atoms with Gasteiger partial charge in [-0.2, -0.15) is 0 Å². The molecule has 0 spiro atoms. The number of Topliss-reactive ketones (excluding diaryl/α,β-unsaturated/α-hetero) is 1. The molecule has 0 amide bonds. The Morgan fingerprint density at radius 2 is 1.71 bits per heavy atom. The van der Waals surface area contributed by atoms with Gasteiger partial charge < -0.3 is 14.7 Å². The number of carbonyl (C=O) groups is 1. The third kappa shape index (κ3) is 5.33. The number of hydrogen-bond acceptors (Lipinski definition) is 4. The van der Waals surface area contributed by atoms with E-state index < -0.39 is 17.7 Å². The largest absolute Gasteiger partial charge is 0.491 e. The molecule has 4 nitrogen and oxygen atoms in total. The highest BCUT2D eigenvalue weighted by atomic mass is 19.1. The Labute approximate surface area is 161 Å². The number of halogens is 3. The lowest BCUT2D eigenvalue weighted by molar-refractivity contribution is 0.0523. The van der Waals surface area contributed by atoms with Crippen molar-refractivity contribution in [1.82, 2.24) is 4.90 Å². The van der Waals surface area contributed by atoms with Gasteiger partial charge in [-0.3, -0.25) is 4.79 Å². The minimum absolute atomic E-state index is 0.0684. The van der Waals surface area contributed by atoms with E-state index in [1.807, 2.05) is 4.90 Å². The van der Waals surface area contributed by atoms with Crippen molar-refractivity contribution >= 4 is 5.78 Å². The molecule has 0 radical (unpaired) electrons. The number of β-amino-alcohol motifs (C(OH)–C–C–N with tert-alkyl or cyclic N) is 1. The Hall–Kier alpha value is -2.38. The molecule has 1 saturated heterocycles. The van der Waals surface area contributed by atoms with Gasteiger partial charge in [0.2, 0.25) is 0 Å². The molecule has 0 aromatic heterocycles. The van der Waals surface area contributed by atoms with Crippen molar-refractivity contribution in [3.05, 3.63) is 65.5 Å². The molecule has 1 fully saturated rings. The molecule has 1 unspecified atom stereocenters. The first-order valence-corrected chi connectivity index (χ1v) is 9.20. The molecule has 1 N–H and O–H groups in total. The molecular formula is C21H22F3NO3. The van der Waals surface area contributed by atoms with Crippen molar-refractivity contribution in [2.24, 2.45) is 5.92 Å². The van der Waals surface area contributed by atoms with E-state index in [-0.39, 0.29) is 29.7 Å². The maximum Gasteiger partial charge on any atom is 0.169 e. The number of benzene rings is 2. The van der Waals surface area contributed by atoms with E-state index in [2.05, 4.69) is 0 Å². The minimum atomic E-state index is -0.738. The minimum Gasteiger partial charge on any atom is -0.491 e. The van der Waals surface area contributed by atoms with E-state index >= 15 is 0 Å². The summed E-state index contributed by atoms with van der Waals surface area (Å²) in [5.74, 6) is -1.96. The molecule has 150 valence electrons. The van der Waals surface area contributed by atoms with Gasteiger partial charge in [-0.1, -0.05) is 0 Å². The lowest BCUT2D eigenvalue weighted by Crippen LogP contribution is -2.42. The molecule has 28 heavy (non-hydrogen) atoms. The van der Waals surface area contributed by atoms with Crippen LogP contribution in [0.1, 0.15) is 23.2 Å². The summed E-state index contributed by atoms with van der Waals surface area (Å²) in [6.07, 6.45) is 0.290. The first-order chi connectivity index (χ1) is 13.4. The summed E-state index contributed by atoms with van der Waals surface area (Å²) in [5, 5.41) is 10.1. The molecule has 3 rings (SSSR count). The average molecular weight is 393 g/mol. The van der Waals surface area contributed by atoms with E-state index in [0.717, 1.165) is 18.2 Å². The van der Waals surface area contributed by atoms with Crippen molar-refractivity contribution < 1.29 is 27.8 Å². The molecular weight excluding hydrogens is 371 g/mol. The number of ether oxygens (including phenoxy) is 1. The van der Waals surface area contributed by atoms with Gasteiger partial charge in [-0.15, -0.1) is 0 Å². The van der Waals surface area contributed by atoms with Crippen LogP contribution in [-0.2, 0) is 0 Å². The summed E-state index contributed by atoms with van der Waals surface area (Å²) in [4.78, 5) is 14.5. The predicted molar refractivity (Wildman–Crippen MR) is 97.8 cm³/mol. The maximum atomic E-state index is 13.8. The van der Waals surface area contributed by atoms with Gasteiger partial charge in [0.1, 0.15) is 35.9 Å². The van der Waals surface area contributed by atoms with Crippen LogP contribution in [0.25, 0.3) is 0 Å². The van der Waals surface area contributed by atoms with Crippen LogP contribution in [0.15, 0.2) is 42.5 Å². The van der Waals surface area contributed by atoms with Crippen molar-refractivity contribution in [1.29, 1.82) is 0 Å². The Morgan fingerprint density at radius 1 is 1.07 bits per heavy atom. The number of rotatable bonds is 7. The third-order valence-corrected chi connectivity index (χ3v) is 4.88. The second kappa shape index (κ2) is 9.21. The van der Waals surface area contributed by atoms with Gasteiger partial charge in [0, 0.05) is 12.5 Å². The van der Waals surface area contributed by atoms with Crippen LogP contribution in [0.4, 0.5) is 13.2 Å². The highest BCUT2D eigenvalue weighted by Gasteiger charge is 2.28. The zero-order valence-corrected chi connectivity index (χ0v) is 15.3. The van der Waals surface area contributed by atoms with Crippen molar-refractivity contribution in [2.45, 2.75) is 18.9 Å². The van der Waals surface area contributed by atoms with E-state index in [1.165, 1.54) is 24.3 Å². The summed E-state index contributed by atoms with van der Waals surface area (Å²) in [6.45, 7) is 1.58. The van der Waals surface area contributed by atoms with Gasteiger partial charge in [0.15, 0.2) is 5.78 Å². The zero-order chi connectivity index (χ0) is 20.1. The van der Waals surface area contributed by atoms with Gasteiger partial charge >= 0.3 is 0 Å². The molecule has 0 aliphatic carbocycles. The first kappa shape index (κ1) is 20.4. The van der Waals surface area contributed by atoms with E-state index in [4.69, 9.17) is 4.74 Å². The number of ketones is 1. The monoisotopic (exact) mass is 393 g/mol. The van der Waals surface area contributed by atoms with Crippen molar-refractivity contribution in [2.75, 3.05) is 26.2 Å². The van der Waals surface area contributed by atoms with Crippen molar-refractivity contribution in [3.63, 3.8) is 0 Å². The van der Waals surface area contributed by atoms with Crippen molar-refractivity contribution in [3.8, 4) is 5.75 Å². The highest BCUT2D eigenvalue weighted by molar-refractivity contribution is 5.98. The number of nitrogens with zero attached hydrogens (tertiary/aromatic N) is 1. The van der Waals surface area contributed by atoms with Gasteiger partial charge in [0.25, 0.3) is 0 Å². The fourth-order valence-corrected chi connectivity index (χ4v) is 3.36. The second-order valence-electron chi connectivity index (χ2n) is 6.98. The molecule has 1 heterocycles. The van der Waals surface area contributed by atoms with E-state index in [9.17, 15) is 23.1 Å². The van der Waals surface area contributed by atoms with Crippen LogP contribution in [0, 0.1) is 23.4 Å². The maximum absolute atomic E-state index is 13.8. The number of hydrogen-bond donors (Lipinski definition) is 1. The number of aliphatic hydroxyl groups is 1. The van der Waals surface area contributed by atoms with Gasteiger partial charge in [-0.25, -0.2) is 13.2 Å². The lowest BCUT2D eigenvalue weighted by Gasteiger charge is -2.32. The Kier molecular flexibility index (Phi) is 6.70. The summed E-state index contributed by atoms with van der Waals surface area (Å²) in [6, 6.07) is 8.45. The molecule has 1 atom stereocenters. The lowest BCUT2D eigenvalue weighted by atomic mass is 9.88. The van der Waals surface area contributed by atoms with Crippen LogP contribution in [-0.4, -0.2) is 48.1 Å². The quantitative estimate of drug-likeness (QED) is 0.733. The summed E-state index contributed by atoms with van der Waals surface area (Å²) in [7, 11) is 0. The van der Waals surface area contributed by atoms with E-state index in [1.54, 1.807) is 0 Å². The van der Waals surface area contributed by atoms with Crippen LogP contribution in [0.3, 0.4) is 0 Å². The normalized spacial score (nSPS) is 16.7. The molecule has 1 aliphatic rings. The first-order valence-electron chi connectivity index (χ1n) is 9.20.